The van der Waals surface area contributed by atoms with Crippen LogP contribution in [0.4, 0.5) is 5.95 Å². The minimum Gasteiger partial charge on any atom is -0.493 e. The summed E-state index contributed by atoms with van der Waals surface area (Å²) >= 11 is 0. The van der Waals surface area contributed by atoms with Gasteiger partial charge in [-0.3, -0.25) is 4.98 Å². The van der Waals surface area contributed by atoms with Crippen LogP contribution in [0.3, 0.4) is 0 Å². The number of aromatic nitrogens is 6. The van der Waals surface area contributed by atoms with E-state index in [0.29, 0.717) is 42.2 Å². The highest BCUT2D eigenvalue weighted by molar-refractivity contribution is 5.57. The Labute approximate surface area is 192 Å². The van der Waals surface area contributed by atoms with Crippen LogP contribution in [0.2, 0.25) is 0 Å². The molecular formula is C22H22N8O4. The molecule has 0 unspecified atom stereocenters. The van der Waals surface area contributed by atoms with Crippen molar-refractivity contribution in [3.05, 3.63) is 57.0 Å². The molecule has 0 spiro atoms. The molecule has 4 heterocycles. The first-order valence-electron chi connectivity index (χ1n) is 11.1. The van der Waals surface area contributed by atoms with Crippen LogP contribution in [0.15, 0.2) is 34.2 Å². The summed E-state index contributed by atoms with van der Waals surface area (Å²) in [5.41, 5.74) is 1.67. The van der Waals surface area contributed by atoms with Crippen molar-refractivity contribution >= 4 is 17.7 Å². The number of aromatic amines is 2. The van der Waals surface area contributed by atoms with Gasteiger partial charge in [0.15, 0.2) is 17.1 Å². The van der Waals surface area contributed by atoms with Gasteiger partial charge >= 0.3 is 5.69 Å². The van der Waals surface area contributed by atoms with Crippen LogP contribution in [0.5, 0.6) is 17.4 Å². The number of nitrogens with zero attached hydrogens (tertiary/aromatic N) is 5. The normalized spacial score (nSPS) is 16.7. The maximum Gasteiger partial charge on any atom is 0.326 e. The number of benzene rings is 1. The first-order valence-corrected chi connectivity index (χ1v) is 11.1. The van der Waals surface area contributed by atoms with Crippen molar-refractivity contribution in [2.75, 3.05) is 18.5 Å². The van der Waals surface area contributed by atoms with E-state index < -0.39 is 5.69 Å². The van der Waals surface area contributed by atoms with Crippen LogP contribution in [-0.2, 0) is 6.54 Å². The van der Waals surface area contributed by atoms with Gasteiger partial charge in [-0.1, -0.05) is 6.07 Å². The predicted octanol–water partition coefficient (Wildman–Crippen LogP) is 0.231. The number of nitrogens with one attached hydrogen (secondary N) is 3. The molecule has 0 bridgehead atoms. The minimum absolute atomic E-state index is 0.231. The lowest BCUT2D eigenvalue weighted by molar-refractivity contribution is 0.297. The van der Waals surface area contributed by atoms with Crippen LogP contribution in [-0.4, -0.2) is 53.9 Å². The first-order chi connectivity index (χ1) is 16.6. The van der Waals surface area contributed by atoms with Gasteiger partial charge in [0.1, 0.15) is 5.69 Å². The molecule has 3 aromatic heterocycles. The molecule has 0 atom stereocenters. The fourth-order valence-corrected chi connectivity index (χ4v) is 3.66. The maximum atomic E-state index is 11.5. The second-order valence-electron chi connectivity index (χ2n) is 8.21. The van der Waals surface area contributed by atoms with Gasteiger partial charge in [0.05, 0.1) is 25.5 Å². The molecule has 12 nitrogen and oxygen atoms in total. The molecule has 6 rings (SSSR count). The molecule has 4 aromatic rings. The van der Waals surface area contributed by atoms with Gasteiger partial charge in [0.25, 0.3) is 5.62 Å². The summed E-state index contributed by atoms with van der Waals surface area (Å²) in [6, 6.07) is 6.06. The van der Waals surface area contributed by atoms with Crippen LogP contribution in [0.25, 0.3) is 11.7 Å². The Balaban J connectivity index is 1.36. The summed E-state index contributed by atoms with van der Waals surface area (Å²) in [6.45, 7) is 1.73. The summed E-state index contributed by atoms with van der Waals surface area (Å²) in [5.74, 6) is 1.61. The molecule has 1 aromatic carbocycles. The Morgan fingerprint density at radius 1 is 1.21 bits per heavy atom. The van der Waals surface area contributed by atoms with E-state index in [1.807, 2.05) is 18.2 Å². The molecule has 174 valence electrons. The number of H-pyrrole nitrogens is 2. The topological polar surface area (TPSA) is 155 Å². The van der Waals surface area contributed by atoms with E-state index in [-0.39, 0.29) is 17.6 Å². The van der Waals surface area contributed by atoms with Crippen LogP contribution < -0.4 is 31.3 Å². The lowest BCUT2D eigenvalue weighted by Crippen LogP contribution is -2.24. The van der Waals surface area contributed by atoms with E-state index in [1.54, 1.807) is 16.8 Å². The van der Waals surface area contributed by atoms with Gasteiger partial charge in [-0.2, -0.15) is 19.6 Å². The summed E-state index contributed by atoms with van der Waals surface area (Å²) < 4.78 is 13.0. The zero-order valence-corrected chi connectivity index (χ0v) is 18.1. The van der Waals surface area contributed by atoms with Gasteiger partial charge in [0, 0.05) is 18.2 Å². The summed E-state index contributed by atoms with van der Waals surface area (Å²) in [5, 5.41) is 18.2. The minimum atomic E-state index is -0.503. The summed E-state index contributed by atoms with van der Waals surface area (Å²) in [4.78, 5) is 30.2. The Morgan fingerprint density at radius 3 is 2.85 bits per heavy atom. The maximum absolute atomic E-state index is 11.5. The second-order valence-corrected chi connectivity index (χ2v) is 8.21. The van der Waals surface area contributed by atoms with Gasteiger partial charge < -0.3 is 24.9 Å². The predicted molar refractivity (Wildman–Crippen MR) is 121 cm³/mol. The van der Waals surface area contributed by atoms with Crippen molar-refractivity contribution in [3.8, 4) is 17.4 Å². The molecule has 0 radical (unpaired) electrons. The Morgan fingerprint density at radius 2 is 2.06 bits per heavy atom. The van der Waals surface area contributed by atoms with E-state index in [4.69, 9.17) is 9.47 Å². The zero-order valence-electron chi connectivity index (χ0n) is 18.1. The Hall–Kier alpha value is -4.35. The van der Waals surface area contributed by atoms with Gasteiger partial charge in [-0.05, 0) is 36.6 Å². The van der Waals surface area contributed by atoms with Crippen molar-refractivity contribution in [1.29, 1.82) is 0 Å². The number of ether oxygens (including phenoxy) is 2. The molecule has 2 aliphatic rings. The molecule has 1 aliphatic carbocycles. The third-order valence-corrected chi connectivity index (χ3v) is 5.52. The van der Waals surface area contributed by atoms with Crippen molar-refractivity contribution in [2.24, 2.45) is 4.99 Å². The van der Waals surface area contributed by atoms with Gasteiger partial charge in [0.2, 0.25) is 11.8 Å². The van der Waals surface area contributed by atoms with Crippen molar-refractivity contribution in [2.45, 2.75) is 31.8 Å². The fraction of sp³-hybridized carbons (Fsp3) is 0.318. The quantitative estimate of drug-likeness (QED) is 0.329. The molecule has 12 heteroatoms. The molecule has 4 N–H and O–H groups in total. The zero-order chi connectivity index (χ0) is 23.1. The van der Waals surface area contributed by atoms with Crippen molar-refractivity contribution in [3.63, 3.8) is 0 Å². The summed E-state index contributed by atoms with van der Waals surface area (Å²) in [6.07, 6.45) is 6.07. The van der Waals surface area contributed by atoms with Gasteiger partial charge in [-0.25, -0.2) is 9.79 Å². The van der Waals surface area contributed by atoms with Crippen LogP contribution in [0.1, 0.15) is 30.5 Å². The number of fused-ring (bicyclic) bond motifs is 2. The highest BCUT2D eigenvalue weighted by Crippen LogP contribution is 2.30. The highest BCUT2D eigenvalue weighted by Gasteiger charge is 2.21. The Bertz CT molecular complexity index is 1550. The average Bonchev–Trinajstić information content (AvgIpc) is 3.53. The number of anilines is 1. The number of hydrogen-bond acceptors (Lipinski definition) is 9. The number of hydrogen-bond donors (Lipinski definition) is 4. The number of aromatic hydroxyl groups is 1. The highest BCUT2D eigenvalue weighted by atomic mass is 16.5. The van der Waals surface area contributed by atoms with E-state index >= 15 is 0 Å². The lowest BCUT2D eigenvalue weighted by Gasteiger charge is -2.10. The second kappa shape index (κ2) is 8.21. The lowest BCUT2D eigenvalue weighted by atomic mass is 10.2. The average molecular weight is 462 g/mol. The van der Waals surface area contributed by atoms with E-state index in [1.165, 1.54) is 0 Å². The molecule has 1 saturated carbocycles. The number of rotatable bonds is 5. The largest absolute Gasteiger partial charge is 0.493 e. The molecule has 34 heavy (non-hydrogen) atoms. The Kier molecular flexibility index (Phi) is 4.90. The first kappa shape index (κ1) is 20.3. The molecular weight excluding hydrogens is 440 g/mol. The van der Waals surface area contributed by atoms with Crippen molar-refractivity contribution < 1.29 is 14.6 Å². The van der Waals surface area contributed by atoms with E-state index in [9.17, 15) is 9.90 Å². The van der Waals surface area contributed by atoms with E-state index in [2.05, 4.69) is 35.3 Å². The SMILES string of the molecule is O=c1[nH]c(O)c(/C=c2\cnn3c(=NC4CC4)nc(NCc4ccc5c(c4)OCCCO5)nc23)[nH]1. The van der Waals surface area contributed by atoms with Gasteiger partial charge in [-0.15, -0.1) is 0 Å². The standard InChI is InChI=1S/C22H22N8O4/c31-19-15(26-22(32)28-19)9-13-11-24-30-18(13)27-20(29-21(30)25-14-3-4-14)23-10-12-2-5-16-17(8-12)34-7-1-6-33-16/h2,5,8-9,11,14,31H,1,3-4,6-7,10H2,(H,23,25,29)(H2,26,28,32)/b13-9+. The van der Waals surface area contributed by atoms with Crippen molar-refractivity contribution in [1.82, 2.24) is 29.5 Å². The number of imidazole rings is 1. The van der Waals surface area contributed by atoms with Crippen LogP contribution in [0, 0.1) is 0 Å². The van der Waals surface area contributed by atoms with E-state index in [0.717, 1.165) is 36.3 Å². The third kappa shape index (κ3) is 4.05. The molecule has 0 saturated heterocycles. The summed E-state index contributed by atoms with van der Waals surface area (Å²) in [7, 11) is 0. The third-order valence-electron chi connectivity index (χ3n) is 5.52. The van der Waals surface area contributed by atoms with Crippen LogP contribution >= 0.6 is 0 Å². The molecule has 0 amide bonds. The fourth-order valence-electron chi connectivity index (χ4n) is 3.66. The molecule has 1 aliphatic heterocycles. The smallest absolute Gasteiger partial charge is 0.326 e. The molecule has 1 fully saturated rings. The monoisotopic (exact) mass is 462 g/mol.